The molecule has 0 spiro atoms. The van der Waals surface area contributed by atoms with Crippen molar-refractivity contribution in [2.24, 2.45) is 5.41 Å². The Kier molecular flexibility index (Phi) is 4.45. The molecule has 0 aromatic heterocycles. The first-order chi connectivity index (χ1) is 7.91. The van der Waals surface area contributed by atoms with Crippen LogP contribution in [-0.4, -0.2) is 5.78 Å². The standard InChI is InChI=1S/C16H20O/c1-13(15(17)16(2,3)4)9-8-12-14-10-6-5-7-11-14/h5-8,10-12H,1,9H2,2-4H3/b12-8+. The molecule has 1 nitrogen and oxygen atoms in total. The predicted octanol–water partition coefficient (Wildman–Crippen LogP) is 4.26. The zero-order valence-corrected chi connectivity index (χ0v) is 10.9. The van der Waals surface area contributed by atoms with E-state index in [2.05, 4.69) is 6.58 Å². The zero-order valence-electron chi connectivity index (χ0n) is 10.9. The molecule has 0 unspecified atom stereocenters. The molecule has 1 rings (SSSR count). The number of carbonyl (C=O) groups is 1. The zero-order chi connectivity index (χ0) is 12.9. The molecule has 0 bridgehead atoms. The maximum Gasteiger partial charge on any atom is 0.163 e. The van der Waals surface area contributed by atoms with Gasteiger partial charge in [0.1, 0.15) is 0 Å². The monoisotopic (exact) mass is 228 g/mol. The number of carbonyl (C=O) groups excluding carboxylic acids is 1. The van der Waals surface area contributed by atoms with Crippen molar-refractivity contribution < 1.29 is 4.79 Å². The highest BCUT2D eigenvalue weighted by Gasteiger charge is 2.22. The molecule has 0 N–H and O–H groups in total. The molecule has 17 heavy (non-hydrogen) atoms. The highest BCUT2D eigenvalue weighted by atomic mass is 16.1. The van der Waals surface area contributed by atoms with Gasteiger partial charge in [0, 0.05) is 5.41 Å². The smallest absolute Gasteiger partial charge is 0.163 e. The topological polar surface area (TPSA) is 17.1 Å². The Morgan fingerprint density at radius 1 is 1.24 bits per heavy atom. The summed E-state index contributed by atoms with van der Waals surface area (Å²) in [7, 11) is 0. The quantitative estimate of drug-likeness (QED) is 0.704. The van der Waals surface area contributed by atoms with Gasteiger partial charge in [-0.15, -0.1) is 0 Å². The van der Waals surface area contributed by atoms with E-state index >= 15 is 0 Å². The van der Waals surface area contributed by atoms with Crippen LogP contribution in [0.15, 0.2) is 48.6 Å². The number of rotatable bonds is 4. The molecule has 90 valence electrons. The summed E-state index contributed by atoms with van der Waals surface area (Å²) in [5, 5.41) is 0. The average molecular weight is 228 g/mol. The molecule has 0 aliphatic heterocycles. The fourth-order valence-corrected chi connectivity index (χ4v) is 1.52. The second-order valence-electron chi connectivity index (χ2n) is 5.20. The second-order valence-corrected chi connectivity index (χ2v) is 5.20. The van der Waals surface area contributed by atoms with Gasteiger partial charge in [-0.3, -0.25) is 4.79 Å². The van der Waals surface area contributed by atoms with Gasteiger partial charge in [-0.2, -0.15) is 0 Å². The van der Waals surface area contributed by atoms with Crippen molar-refractivity contribution in [1.29, 1.82) is 0 Å². The first kappa shape index (κ1) is 13.4. The minimum Gasteiger partial charge on any atom is -0.294 e. The SMILES string of the molecule is C=C(C/C=C/c1ccccc1)C(=O)C(C)(C)C. The molecular formula is C16H20O. The first-order valence-electron chi connectivity index (χ1n) is 5.85. The summed E-state index contributed by atoms with van der Waals surface area (Å²) in [6, 6.07) is 10.0. The van der Waals surface area contributed by atoms with Crippen LogP contribution in [0.5, 0.6) is 0 Å². The number of benzene rings is 1. The average Bonchev–Trinajstić information content (AvgIpc) is 2.28. The van der Waals surface area contributed by atoms with Crippen LogP contribution in [-0.2, 0) is 4.79 Å². The fourth-order valence-electron chi connectivity index (χ4n) is 1.52. The van der Waals surface area contributed by atoms with Crippen molar-refractivity contribution >= 4 is 11.9 Å². The van der Waals surface area contributed by atoms with Crippen LogP contribution in [0, 0.1) is 5.41 Å². The Balaban J connectivity index is 2.55. The van der Waals surface area contributed by atoms with E-state index in [1.165, 1.54) is 0 Å². The number of allylic oxidation sites excluding steroid dienone is 2. The van der Waals surface area contributed by atoms with Gasteiger partial charge in [-0.25, -0.2) is 0 Å². The van der Waals surface area contributed by atoms with Gasteiger partial charge in [0.25, 0.3) is 0 Å². The van der Waals surface area contributed by atoms with Gasteiger partial charge < -0.3 is 0 Å². The summed E-state index contributed by atoms with van der Waals surface area (Å²) in [4.78, 5) is 11.9. The van der Waals surface area contributed by atoms with Gasteiger partial charge in [-0.1, -0.05) is 69.8 Å². The van der Waals surface area contributed by atoms with Crippen LogP contribution in [0.2, 0.25) is 0 Å². The van der Waals surface area contributed by atoms with Crippen LogP contribution in [0.1, 0.15) is 32.8 Å². The van der Waals surface area contributed by atoms with Gasteiger partial charge in [-0.05, 0) is 17.6 Å². The Bertz CT molecular complexity index is 419. The highest BCUT2D eigenvalue weighted by molar-refractivity contribution is 5.98. The van der Waals surface area contributed by atoms with E-state index in [0.717, 1.165) is 5.56 Å². The Morgan fingerprint density at radius 2 is 1.82 bits per heavy atom. The predicted molar refractivity (Wildman–Crippen MR) is 73.7 cm³/mol. The molecule has 1 aromatic carbocycles. The van der Waals surface area contributed by atoms with Crippen LogP contribution < -0.4 is 0 Å². The van der Waals surface area contributed by atoms with E-state index in [1.54, 1.807) is 0 Å². The molecule has 0 amide bonds. The lowest BCUT2D eigenvalue weighted by Gasteiger charge is -2.17. The highest BCUT2D eigenvalue weighted by Crippen LogP contribution is 2.21. The largest absolute Gasteiger partial charge is 0.294 e. The summed E-state index contributed by atoms with van der Waals surface area (Å²) in [5.74, 6) is 0.134. The van der Waals surface area contributed by atoms with Crippen LogP contribution in [0.4, 0.5) is 0 Å². The number of Topliss-reactive ketones (excluding diaryl/α,β-unsaturated/α-hetero) is 1. The van der Waals surface area contributed by atoms with E-state index < -0.39 is 0 Å². The third kappa shape index (κ3) is 4.39. The summed E-state index contributed by atoms with van der Waals surface area (Å²) >= 11 is 0. The van der Waals surface area contributed by atoms with Crippen molar-refractivity contribution in [3.8, 4) is 0 Å². The third-order valence-corrected chi connectivity index (χ3v) is 2.48. The van der Waals surface area contributed by atoms with Crippen molar-refractivity contribution in [3.05, 3.63) is 54.1 Å². The van der Waals surface area contributed by atoms with E-state index in [4.69, 9.17) is 0 Å². The maximum atomic E-state index is 11.9. The normalized spacial score (nSPS) is 11.7. The van der Waals surface area contributed by atoms with Crippen molar-refractivity contribution in [3.63, 3.8) is 0 Å². The molecule has 1 heteroatoms. The first-order valence-corrected chi connectivity index (χ1v) is 5.85. The van der Waals surface area contributed by atoms with Gasteiger partial charge in [0.2, 0.25) is 0 Å². The van der Waals surface area contributed by atoms with E-state index in [9.17, 15) is 4.79 Å². The third-order valence-electron chi connectivity index (χ3n) is 2.48. The maximum absolute atomic E-state index is 11.9. The van der Waals surface area contributed by atoms with Crippen LogP contribution >= 0.6 is 0 Å². The van der Waals surface area contributed by atoms with E-state index in [1.807, 2.05) is 63.3 Å². The molecule has 0 aliphatic rings. The summed E-state index contributed by atoms with van der Waals surface area (Å²) in [6.07, 6.45) is 4.62. The van der Waals surface area contributed by atoms with Crippen molar-refractivity contribution in [2.45, 2.75) is 27.2 Å². The van der Waals surface area contributed by atoms with Crippen LogP contribution in [0.25, 0.3) is 6.08 Å². The minimum absolute atomic E-state index is 0.134. The molecule has 0 atom stereocenters. The molecule has 1 aromatic rings. The number of hydrogen-bond acceptors (Lipinski definition) is 1. The van der Waals surface area contributed by atoms with E-state index in [0.29, 0.717) is 12.0 Å². The number of hydrogen-bond donors (Lipinski definition) is 0. The van der Waals surface area contributed by atoms with E-state index in [-0.39, 0.29) is 11.2 Å². The lowest BCUT2D eigenvalue weighted by Crippen LogP contribution is -2.21. The molecule has 0 fully saturated rings. The summed E-state index contributed by atoms with van der Waals surface area (Å²) in [5.41, 5.74) is 1.48. The van der Waals surface area contributed by atoms with Crippen molar-refractivity contribution in [2.75, 3.05) is 0 Å². The summed E-state index contributed by atoms with van der Waals surface area (Å²) < 4.78 is 0. The Morgan fingerprint density at radius 3 is 2.35 bits per heavy atom. The Labute approximate surface area is 104 Å². The fraction of sp³-hybridized carbons (Fsp3) is 0.312. The van der Waals surface area contributed by atoms with Gasteiger partial charge in [0.05, 0.1) is 0 Å². The van der Waals surface area contributed by atoms with Gasteiger partial charge in [0.15, 0.2) is 5.78 Å². The lowest BCUT2D eigenvalue weighted by molar-refractivity contribution is -0.122. The molecule has 0 radical (unpaired) electrons. The summed E-state index contributed by atoms with van der Waals surface area (Å²) in [6.45, 7) is 9.61. The minimum atomic E-state index is -0.336. The lowest BCUT2D eigenvalue weighted by atomic mass is 9.86. The van der Waals surface area contributed by atoms with Gasteiger partial charge >= 0.3 is 0 Å². The molecule has 0 aliphatic carbocycles. The van der Waals surface area contributed by atoms with Crippen LogP contribution in [0.3, 0.4) is 0 Å². The Hall–Kier alpha value is -1.63. The molecule has 0 saturated carbocycles. The molecule has 0 saturated heterocycles. The number of ketones is 1. The molecule has 0 heterocycles. The second kappa shape index (κ2) is 5.62. The molecular weight excluding hydrogens is 208 g/mol. The van der Waals surface area contributed by atoms with Crippen molar-refractivity contribution in [1.82, 2.24) is 0 Å².